The maximum atomic E-state index is 12.8. The molecule has 0 aromatic heterocycles. The predicted octanol–water partition coefficient (Wildman–Crippen LogP) is 8.96. The smallest absolute Gasteiger partial charge is 0.343 e. The summed E-state index contributed by atoms with van der Waals surface area (Å²) in [6.45, 7) is 8.11. The first kappa shape index (κ1) is 40.9. The number of hydrogen-bond acceptors (Lipinski definition) is 11. The molecule has 0 radical (unpaired) electrons. The summed E-state index contributed by atoms with van der Waals surface area (Å²) < 4.78 is 32.1. The van der Waals surface area contributed by atoms with Crippen LogP contribution in [0.25, 0.3) is 0 Å². The van der Waals surface area contributed by atoms with Crippen LogP contribution in [0.3, 0.4) is 0 Å². The van der Waals surface area contributed by atoms with Gasteiger partial charge in [0.15, 0.2) is 5.75 Å². The molecule has 0 unspecified atom stereocenters. The van der Waals surface area contributed by atoms with E-state index in [-0.39, 0.29) is 28.0 Å². The Morgan fingerprint density at radius 2 is 1.04 bits per heavy atom. The Kier molecular flexibility index (Phi) is 16.3. The molecule has 0 saturated heterocycles. The Labute approximate surface area is 322 Å². The van der Waals surface area contributed by atoms with E-state index in [1.54, 1.807) is 79.0 Å². The number of carbonyl (C=O) groups is 4. The van der Waals surface area contributed by atoms with Crippen LogP contribution in [0.15, 0.2) is 115 Å². The van der Waals surface area contributed by atoms with Gasteiger partial charge in [0.25, 0.3) is 0 Å². The number of unbranched alkanes of at least 4 members (excludes halogenated alkanes) is 2. The van der Waals surface area contributed by atoms with E-state index in [9.17, 15) is 19.2 Å². The van der Waals surface area contributed by atoms with Gasteiger partial charge >= 0.3 is 23.9 Å². The van der Waals surface area contributed by atoms with Crippen LogP contribution in [0.4, 0.5) is 5.69 Å². The highest BCUT2D eigenvalue weighted by Crippen LogP contribution is 2.36. The largest absolute Gasteiger partial charge is 0.494 e. The SMILES string of the molecule is C=CC(=O)OCCCCOc1ccc(C(=O)Oc2ccc(C=Nc3cc(Cl)c(OC(=O)c4ccc(OCCCCOC(=O)C=C)cc4)cc3Cl)cc2)cc1. The molecule has 0 amide bonds. The zero-order chi connectivity index (χ0) is 38.7. The van der Waals surface area contributed by atoms with Gasteiger partial charge in [-0.15, -0.1) is 0 Å². The highest BCUT2D eigenvalue weighted by molar-refractivity contribution is 6.36. The van der Waals surface area contributed by atoms with Crippen LogP contribution in [0.1, 0.15) is 52.0 Å². The minimum Gasteiger partial charge on any atom is -0.494 e. The van der Waals surface area contributed by atoms with Crippen LogP contribution in [0.2, 0.25) is 10.0 Å². The lowest BCUT2D eigenvalue weighted by atomic mass is 10.2. The lowest BCUT2D eigenvalue weighted by molar-refractivity contribution is -0.138. The Morgan fingerprint density at radius 1 is 0.574 bits per heavy atom. The molecule has 0 fully saturated rings. The van der Waals surface area contributed by atoms with Crippen LogP contribution < -0.4 is 18.9 Å². The zero-order valence-corrected chi connectivity index (χ0v) is 30.7. The van der Waals surface area contributed by atoms with Gasteiger partial charge in [-0.3, -0.25) is 4.99 Å². The fourth-order valence-corrected chi connectivity index (χ4v) is 4.81. The quantitative estimate of drug-likeness (QED) is 0.0281. The number of halogens is 2. The van der Waals surface area contributed by atoms with Crippen molar-refractivity contribution in [2.24, 2.45) is 4.99 Å². The standard InChI is InChI=1S/C41H37Cl2NO10/c1-3-38(45)51-23-7-5-21-49-31-17-11-29(12-18-31)40(47)53-33-15-9-28(10-16-33)27-44-36-25-35(43)37(26-34(36)42)54-41(48)30-13-19-32(20-14-30)50-22-6-8-24-52-39(46)4-2/h3-4,9-20,25-27H,1-2,5-8,21-24H2. The van der Waals surface area contributed by atoms with Gasteiger partial charge in [-0.2, -0.15) is 0 Å². The minimum atomic E-state index is -0.638. The van der Waals surface area contributed by atoms with E-state index < -0.39 is 23.9 Å². The number of aliphatic imine (C=N–C) groups is 1. The molecule has 0 heterocycles. The first-order chi connectivity index (χ1) is 26.1. The van der Waals surface area contributed by atoms with Crippen LogP contribution >= 0.6 is 23.2 Å². The van der Waals surface area contributed by atoms with Crippen molar-refractivity contribution in [3.63, 3.8) is 0 Å². The van der Waals surface area contributed by atoms with Crippen LogP contribution in [0.5, 0.6) is 23.0 Å². The number of nitrogens with zero attached hydrogens (tertiary/aromatic N) is 1. The molecule has 280 valence electrons. The van der Waals surface area contributed by atoms with E-state index in [0.29, 0.717) is 79.6 Å². The molecule has 4 rings (SSSR count). The maximum Gasteiger partial charge on any atom is 0.343 e. The summed E-state index contributed by atoms with van der Waals surface area (Å²) in [5.74, 6) is -0.516. The van der Waals surface area contributed by atoms with Gasteiger partial charge in [0.1, 0.15) is 17.2 Å². The molecule has 11 nitrogen and oxygen atoms in total. The van der Waals surface area contributed by atoms with E-state index >= 15 is 0 Å². The lowest BCUT2D eigenvalue weighted by Gasteiger charge is -2.10. The van der Waals surface area contributed by atoms with Gasteiger partial charge in [-0.1, -0.05) is 36.4 Å². The number of hydrogen-bond donors (Lipinski definition) is 0. The molecule has 4 aromatic carbocycles. The third-order valence-electron chi connectivity index (χ3n) is 7.26. The number of carbonyl (C=O) groups excluding carboxylic acids is 4. The molecule has 0 spiro atoms. The van der Waals surface area contributed by atoms with Gasteiger partial charge < -0.3 is 28.4 Å². The van der Waals surface area contributed by atoms with Crippen molar-refractivity contribution < 1.29 is 47.6 Å². The van der Waals surface area contributed by atoms with E-state index in [1.165, 1.54) is 12.1 Å². The topological polar surface area (TPSA) is 136 Å². The van der Waals surface area contributed by atoms with Crippen molar-refractivity contribution in [3.8, 4) is 23.0 Å². The number of benzene rings is 4. The van der Waals surface area contributed by atoms with Gasteiger partial charge in [0.05, 0.1) is 53.3 Å². The molecule has 0 aliphatic rings. The summed E-state index contributed by atoms with van der Waals surface area (Å²) in [4.78, 5) is 51.9. The Bertz CT molecular complexity index is 1940. The van der Waals surface area contributed by atoms with Crippen molar-refractivity contribution in [2.45, 2.75) is 25.7 Å². The van der Waals surface area contributed by atoms with Gasteiger partial charge in [0, 0.05) is 24.4 Å². The number of rotatable bonds is 20. The summed E-state index contributed by atoms with van der Waals surface area (Å²) in [6.07, 6.45) is 6.45. The third kappa shape index (κ3) is 13.6. The second-order valence-corrected chi connectivity index (χ2v) is 12.1. The van der Waals surface area contributed by atoms with Crippen LogP contribution in [0, 0.1) is 0 Å². The maximum absolute atomic E-state index is 12.8. The second-order valence-electron chi connectivity index (χ2n) is 11.2. The summed E-state index contributed by atoms with van der Waals surface area (Å²) in [7, 11) is 0. The molecule has 4 aromatic rings. The van der Waals surface area contributed by atoms with E-state index in [4.69, 9.17) is 51.6 Å². The van der Waals surface area contributed by atoms with E-state index in [2.05, 4.69) is 18.2 Å². The molecule has 0 aliphatic carbocycles. The molecule has 0 atom stereocenters. The third-order valence-corrected chi connectivity index (χ3v) is 7.86. The highest BCUT2D eigenvalue weighted by Gasteiger charge is 2.15. The number of ether oxygens (including phenoxy) is 6. The molecule has 0 N–H and O–H groups in total. The normalized spacial score (nSPS) is 10.6. The van der Waals surface area contributed by atoms with Crippen molar-refractivity contribution in [1.82, 2.24) is 0 Å². The van der Waals surface area contributed by atoms with Crippen molar-refractivity contribution >= 4 is 59.0 Å². The highest BCUT2D eigenvalue weighted by atomic mass is 35.5. The second kappa shape index (κ2) is 21.6. The molecule has 13 heteroatoms. The zero-order valence-electron chi connectivity index (χ0n) is 29.2. The minimum absolute atomic E-state index is 0.0668. The molecular formula is C41H37Cl2NO10. The summed E-state index contributed by atoms with van der Waals surface area (Å²) in [5.41, 5.74) is 1.67. The number of esters is 4. The fraction of sp³-hybridized carbons (Fsp3) is 0.195. The van der Waals surface area contributed by atoms with Crippen molar-refractivity contribution in [3.05, 3.63) is 137 Å². The van der Waals surface area contributed by atoms with E-state index in [0.717, 1.165) is 12.2 Å². The Hall–Kier alpha value is -5.91. The van der Waals surface area contributed by atoms with Crippen molar-refractivity contribution in [2.75, 3.05) is 26.4 Å². The summed E-state index contributed by atoms with van der Waals surface area (Å²) in [6, 6.07) is 22.6. The van der Waals surface area contributed by atoms with E-state index in [1.807, 2.05) is 0 Å². The molecule has 0 saturated carbocycles. The molecule has 54 heavy (non-hydrogen) atoms. The summed E-state index contributed by atoms with van der Waals surface area (Å²) in [5, 5.41) is 0.333. The Morgan fingerprint density at radius 3 is 1.54 bits per heavy atom. The van der Waals surface area contributed by atoms with Gasteiger partial charge in [-0.05, 0) is 110 Å². The lowest BCUT2D eigenvalue weighted by Crippen LogP contribution is -2.09. The van der Waals surface area contributed by atoms with Crippen LogP contribution in [-0.4, -0.2) is 56.5 Å². The predicted molar refractivity (Wildman–Crippen MR) is 205 cm³/mol. The monoisotopic (exact) mass is 773 g/mol. The van der Waals surface area contributed by atoms with Gasteiger partial charge in [0.2, 0.25) is 0 Å². The Balaban J connectivity index is 1.22. The average molecular weight is 775 g/mol. The first-order valence-electron chi connectivity index (χ1n) is 16.8. The molecular weight excluding hydrogens is 737 g/mol. The average Bonchev–Trinajstić information content (AvgIpc) is 3.18. The first-order valence-corrected chi connectivity index (χ1v) is 17.5. The van der Waals surface area contributed by atoms with Gasteiger partial charge in [-0.25, -0.2) is 19.2 Å². The molecule has 0 aliphatic heterocycles. The van der Waals surface area contributed by atoms with Crippen molar-refractivity contribution in [1.29, 1.82) is 0 Å². The van der Waals surface area contributed by atoms with Crippen LogP contribution in [-0.2, 0) is 19.1 Å². The fourth-order valence-electron chi connectivity index (χ4n) is 4.41. The molecule has 0 bridgehead atoms. The summed E-state index contributed by atoms with van der Waals surface area (Å²) >= 11 is 12.8.